The minimum Gasteiger partial charge on any atom is -0.318 e. The maximum atomic E-state index is 10.9. The first kappa shape index (κ1) is 13.3. The topological polar surface area (TPSA) is 99.0 Å². The number of hydrogen-bond donors (Lipinski definition) is 2. The van der Waals surface area contributed by atoms with E-state index in [1.165, 1.54) is 12.3 Å². The number of benzene rings is 1. The zero-order chi connectivity index (χ0) is 14.0. The summed E-state index contributed by atoms with van der Waals surface area (Å²) in [7, 11) is 0. The van der Waals surface area contributed by atoms with Gasteiger partial charge < -0.3 is 5.43 Å². The Morgan fingerprint density at radius 2 is 2.32 bits per heavy atom. The summed E-state index contributed by atoms with van der Waals surface area (Å²) in [5, 5.41) is 15.6. The largest absolute Gasteiger partial charge is 0.318 e. The predicted molar refractivity (Wildman–Crippen MR) is 72.0 cm³/mol. The van der Waals surface area contributed by atoms with Gasteiger partial charge >= 0.3 is 0 Å². The van der Waals surface area contributed by atoms with E-state index < -0.39 is 4.92 Å². The number of rotatable bonds is 4. The lowest BCUT2D eigenvalue weighted by Gasteiger charge is -2.10. The molecule has 100 valence electrons. The van der Waals surface area contributed by atoms with Gasteiger partial charge in [-0.1, -0.05) is 23.7 Å². The van der Waals surface area contributed by atoms with Gasteiger partial charge in [-0.3, -0.25) is 20.6 Å². The summed E-state index contributed by atoms with van der Waals surface area (Å²) in [6, 6.07) is 4.74. The van der Waals surface area contributed by atoms with Crippen molar-refractivity contribution in [1.29, 1.82) is 0 Å². The van der Waals surface area contributed by atoms with Crippen molar-refractivity contribution in [2.75, 3.05) is 5.43 Å². The number of hydrazine groups is 1. The van der Waals surface area contributed by atoms with E-state index in [0.717, 1.165) is 5.69 Å². The highest BCUT2D eigenvalue weighted by molar-refractivity contribution is 6.31. The molecule has 1 heterocycles. The molecule has 1 aromatic carbocycles. The van der Waals surface area contributed by atoms with Crippen LogP contribution < -0.4 is 11.3 Å². The van der Waals surface area contributed by atoms with Crippen LogP contribution in [0.4, 0.5) is 11.4 Å². The van der Waals surface area contributed by atoms with Gasteiger partial charge in [-0.25, -0.2) is 0 Å². The lowest BCUT2D eigenvalue weighted by molar-refractivity contribution is -0.384. The molecule has 2 rings (SSSR count). The molecule has 7 nitrogen and oxygen atoms in total. The average molecular weight is 282 g/mol. The standard InChI is InChI=1S/C11H12ClN5O2/c1-7-9(12)5-14-16(7)6-8-3-2-4-10(17(18)19)11(8)15-13/h2-5,15H,6,13H2,1H3. The van der Waals surface area contributed by atoms with Crippen molar-refractivity contribution in [3.63, 3.8) is 0 Å². The summed E-state index contributed by atoms with van der Waals surface area (Å²) in [5.74, 6) is 5.38. The van der Waals surface area contributed by atoms with E-state index >= 15 is 0 Å². The molecular weight excluding hydrogens is 270 g/mol. The summed E-state index contributed by atoms with van der Waals surface area (Å²) in [4.78, 5) is 10.4. The molecule has 2 aromatic rings. The number of halogens is 1. The Labute approximate surface area is 114 Å². The first-order chi connectivity index (χ1) is 9.04. The van der Waals surface area contributed by atoms with E-state index in [9.17, 15) is 10.1 Å². The number of nitro groups is 1. The highest BCUT2D eigenvalue weighted by Gasteiger charge is 2.17. The van der Waals surface area contributed by atoms with Crippen molar-refractivity contribution in [3.8, 4) is 0 Å². The van der Waals surface area contributed by atoms with Gasteiger partial charge in [-0.05, 0) is 6.92 Å². The molecule has 0 saturated carbocycles. The molecule has 1 aromatic heterocycles. The van der Waals surface area contributed by atoms with Crippen molar-refractivity contribution in [2.45, 2.75) is 13.5 Å². The Hall–Kier alpha value is -2.12. The summed E-state index contributed by atoms with van der Waals surface area (Å²) in [5.41, 5.74) is 4.03. The number of nitro benzene ring substituents is 1. The lowest BCUT2D eigenvalue weighted by Crippen LogP contribution is -2.14. The molecule has 0 spiro atoms. The molecule has 0 aliphatic heterocycles. The molecule has 3 N–H and O–H groups in total. The van der Waals surface area contributed by atoms with Crippen LogP contribution in [0.1, 0.15) is 11.3 Å². The lowest BCUT2D eigenvalue weighted by atomic mass is 10.1. The Kier molecular flexibility index (Phi) is 3.68. The Morgan fingerprint density at radius 3 is 2.84 bits per heavy atom. The maximum absolute atomic E-state index is 10.9. The quantitative estimate of drug-likeness (QED) is 0.508. The number of nitrogens with one attached hydrogen (secondary N) is 1. The molecule has 0 bridgehead atoms. The highest BCUT2D eigenvalue weighted by atomic mass is 35.5. The number of nitrogens with two attached hydrogens (primary N) is 1. The van der Waals surface area contributed by atoms with E-state index in [-0.39, 0.29) is 11.4 Å². The van der Waals surface area contributed by atoms with Gasteiger partial charge in [0.25, 0.3) is 5.69 Å². The van der Waals surface area contributed by atoms with Crippen molar-refractivity contribution in [1.82, 2.24) is 9.78 Å². The molecule has 19 heavy (non-hydrogen) atoms. The van der Waals surface area contributed by atoms with E-state index in [1.807, 2.05) is 6.92 Å². The van der Waals surface area contributed by atoms with Crippen molar-refractivity contribution in [2.24, 2.45) is 5.84 Å². The fourth-order valence-electron chi connectivity index (χ4n) is 1.78. The van der Waals surface area contributed by atoms with Crippen molar-refractivity contribution in [3.05, 3.63) is 50.8 Å². The molecule has 8 heteroatoms. The SMILES string of the molecule is Cc1c(Cl)cnn1Cc1cccc([N+](=O)[O-])c1NN. The second-order valence-corrected chi connectivity index (χ2v) is 4.36. The third-order valence-electron chi connectivity index (χ3n) is 2.83. The van der Waals surface area contributed by atoms with Crippen LogP contribution in [0.5, 0.6) is 0 Å². The van der Waals surface area contributed by atoms with Gasteiger partial charge in [-0.15, -0.1) is 0 Å². The molecule has 0 saturated heterocycles. The van der Waals surface area contributed by atoms with E-state index in [1.54, 1.807) is 16.8 Å². The second-order valence-electron chi connectivity index (χ2n) is 3.95. The van der Waals surface area contributed by atoms with E-state index in [2.05, 4.69) is 10.5 Å². The van der Waals surface area contributed by atoms with E-state index in [4.69, 9.17) is 17.4 Å². The first-order valence-corrected chi connectivity index (χ1v) is 5.83. The van der Waals surface area contributed by atoms with Crippen LogP contribution in [0, 0.1) is 17.0 Å². The Bertz CT molecular complexity index is 626. The third kappa shape index (κ3) is 2.51. The normalized spacial score (nSPS) is 10.5. The van der Waals surface area contributed by atoms with Crippen LogP contribution in [-0.2, 0) is 6.54 Å². The van der Waals surface area contributed by atoms with Gasteiger partial charge in [0.1, 0.15) is 5.69 Å². The molecule has 0 atom stereocenters. The summed E-state index contributed by atoms with van der Waals surface area (Å²) >= 11 is 5.92. The number of nitrogen functional groups attached to an aromatic ring is 1. The first-order valence-electron chi connectivity index (χ1n) is 5.45. The smallest absolute Gasteiger partial charge is 0.293 e. The van der Waals surface area contributed by atoms with Gasteiger partial charge in [0.15, 0.2) is 0 Å². The number of hydrogen-bond acceptors (Lipinski definition) is 5. The second kappa shape index (κ2) is 5.25. The molecule has 0 radical (unpaired) electrons. The minimum absolute atomic E-state index is 0.0732. The van der Waals surface area contributed by atoms with Gasteiger partial charge in [0.05, 0.1) is 28.4 Å². The highest BCUT2D eigenvalue weighted by Crippen LogP contribution is 2.28. The summed E-state index contributed by atoms with van der Waals surface area (Å²) in [6.07, 6.45) is 1.53. The summed E-state index contributed by atoms with van der Waals surface area (Å²) in [6.45, 7) is 2.17. The molecule has 0 aliphatic rings. The van der Waals surface area contributed by atoms with Crippen molar-refractivity contribution >= 4 is 23.0 Å². The zero-order valence-electron chi connectivity index (χ0n) is 10.1. The van der Waals surface area contributed by atoms with Crippen molar-refractivity contribution < 1.29 is 4.92 Å². The zero-order valence-corrected chi connectivity index (χ0v) is 10.9. The predicted octanol–water partition coefficient (Wildman–Crippen LogP) is 2.09. The fraction of sp³-hybridized carbons (Fsp3) is 0.182. The Morgan fingerprint density at radius 1 is 1.58 bits per heavy atom. The minimum atomic E-state index is -0.485. The van der Waals surface area contributed by atoms with Crippen LogP contribution in [0.25, 0.3) is 0 Å². The number of nitrogens with zero attached hydrogens (tertiary/aromatic N) is 3. The molecule has 0 fully saturated rings. The van der Waals surface area contributed by atoms with Crippen LogP contribution in [-0.4, -0.2) is 14.7 Å². The van der Waals surface area contributed by atoms with E-state index in [0.29, 0.717) is 17.1 Å². The molecule has 0 unspecified atom stereocenters. The number of aromatic nitrogens is 2. The summed E-state index contributed by atoms with van der Waals surface area (Å²) < 4.78 is 1.65. The van der Waals surface area contributed by atoms with Crippen LogP contribution >= 0.6 is 11.6 Å². The monoisotopic (exact) mass is 281 g/mol. The van der Waals surface area contributed by atoms with Crippen LogP contribution in [0.3, 0.4) is 0 Å². The van der Waals surface area contributed by atoms with Gasteiger partial charge in [-0.2, -0.15) is 5.10 Å². The Balaban J connectivity index is 2.43. The van der Waals surface area contributed by atoms with Crippen LogP contribution in [0.15, 0.2) is 24.4 Å². The fourth-order valence-corrected chi connectivity index (χ4v) is 1.92. The maximum Gasteiger partial charge on any atom is 0.293 e. The van der Waals surface area contributed by atoms with Gasteiger partial charge in [0.2, 0.25) is 0 Å². The molecule has 0 amide bonds. The molecule has 0 aliphatic carbocycles. The number of anilines is 1. The number of para-hydroxylation sites is 1. The van der Waals surface area contributed by atoms with Gasteiger partial charge in [0, 0.05) is 11.6 Å². The average Bonchev–Trinajstić information content (AvgIpc) is 2.70. The molecular formula is C11H12ClN5O2. The van der Waals surface area contributed by atoms with Crippen LogP contribution in [0.2, 0.25) is 5.02 Å². The third-order valence-corrected chi connectivity index (χ3v) is 3.20.